The second kappa shape index (κ2) is 11.2. The molecule has 172 valence electrons. The summed E-state index contributed by atoms with van der Waals surface area (Å²) in [7, 11) is 0. The lowest BCUT2D eigenvalue weighted by Gasteiger charge is -2.23. The minimum absolute atomic E-state index is 0.0574. The van der Waals surface area contributed by atoms with Crippen LogP contribution in [0.5, 0.6) is 0 Å². The molecule has 2 saturated heterocycles. The Morgan fingerprint density at radius 1 is 0.875 bits per heavy atom. The molecule has 3 heterocycles. The topological polar surface area (TPSA) is 73.7 Å². The van der Waals surface area contributed by atoms with E-state index < -0.39 is 0 Å². The van der Waals surface area contributed by atoms with Gasteiger partial charge < -0.3 is 10.2 Å². The summed E-state index contributed by atoms with van der Waals surface area (Å²) < 4.78 is 1.86. The van der Waals surface area contributed by atoms with Gasteiger partial charge in [0.2, 0.25) is 11.8 Å². The van der Waals surface area contributed by atoms with Crippen LogP contribution in [0, 0.1) is 0 Å². The Bertz CT molecular complexity index is 878. The standard InChI is InChI=1S/C24H34N6O2/c31-23(25-10-9-21-17-26-30(18-21)22-7-2-1-3-8-22)19-27-11-6-12-28(16-15-27)20-24(32)29-13-4-5-14-29/h1-3,7-8,17-18H,4-6,9-16,19-20H2,(H,25,31). The predicted molar refractivity (Wildman–Crippen MR) is 124 cm³/mol. The lowest BCUT2D eigenvalue weighted by molar-refractivity contribution is -0.131. The number of nitrogens with one attached hydrogen (secondary N) is 1. The Kier molecular flexibility index (Phi) is 7.90. The molecule has 1 aromatic carbocycles. The van der Waals surface area contributed by atoms with Crippen LogP contribution in [-0.2, 0) is 16.0 Å². The third kappa shape index (κ3) is 6.40. The summed E-state index contributed by atoms with van der Waals surface area (Å²) in [5.74, 6) is 0.311. The zero-order chi connectivity index (χ0) is 22.2. The normalized spacial score (nSPS) is 17.9. The summed E-state index contributed by atoms with van der Waals surface area (Å²) in [6.45, 7) is 6.82. The molecular formula is C24H34N6O2. The van der Waals surface area contributed by atoms with Gasteiger partial charge >= 0.3 is 0 Å². The zero-order valence-corrected chi connectivity index (χ0v) is 18.8. The van der Waals surface area contributed by atoms with E-state index in [9.17, 15) is 9.59 Å². The highest BCUT2D eigenvalue weighted by Crippen LogP contribution is 2.10. The number of hydrogen-bond donors (Lipinski definition) is 1. The molecular weight excluding hydrogens is 404 g/mol. The van der Waals surface area contributed by atoms with Crippen molar-refractivity contribution in [1.29, 1.82) is 0 Å². The van der Waals surface area contributed by atoms with Gasteiger partial charge in [0.05, 0.1) is 25.0 Å². The molecule has 0 bridgehead atoms. The van der Waals surface area contributed by atoms with Crippen molar-refractivity contribution < 1.29 is 9.59 Å². The molecule has 1 aromatic heterocycles. The first-order chi connectivity index (χ1) is 15.7. The van der Waals surface area contributed by atoms with Gasteiger partial charge in [0, 0.05) is 38.9 Å². The molecule has 0 spiro atoms. The second-order valence-electron chi connectivity index (χ2n) is 8.72. The van der Waals surface area contributed by atoms with Crippen molar-refractivity contribution in [1.82, 2.24) is 29.8 Å². The van der Waals surface area contributed by atoms with Crippen molar-refractivity contribution in [3.05, 3.63) is 48.3 Å². The number of benzene rings is 1. The van der Waals surface area contributed by atoms with Crippen LogP contribution in [-0.4, -0.2) is 95.2 Å². The van der Waals surface area contributed by atoms with E-state index in [1.807, 2.05) is 52.3 Å². The molecule has 0 aliphatic carbocycles. The molecule has 0 unspecified atom stereocenters. The smallest absolute Gasteiger partial charge is 0.236 e. The molecule has 4 rings (SSSR count). The third-order valence-corrected chi connectivity index (χ3v) is 6.26. The summed E-state index contributed by atoms with van der Waals surface area (Å²) in [5, 5.41) is 7.44. The number of nitrogens with zero attached hydrogens (tertiary/aromatic N) is 5. The number of likely N-dealkylation sites (tertiary alicyclic amines) is 1. The Balaban J connectivity index is 1.15. The fourth-order valence-electron chi connectivity index (χ4n) is 4.41. The van der Waals surface area contributed by atoms with Gasteiger partial charge in [-0.05, 0) is 56.5 Å². The molecule has 2 aromatic rings. The quantitative estimate of drug-likeness (QED) is 0.670. The Labute approximate surface area is 190 Å². The van der Waals surface area contributed by atoms with E-state index in [1.54, 1.807) is 0 Å². The molecule has 0 radical (unpaired) electrons. The Morgan fingerprint density at radius 2 is 1.59 bits per heavy atom. The monoisotopic (exact) mass is 438 g/mol. The van der Waals surface area contributed by atoms with E-state index >= 15 is 0 Å². The number of amides is 2. The predicted octanol–water partition coefficient (Wildman–Crippen LogP) is 1.16. The van der Waals surface area contributed by atoms with Crippen molar-refractivity contribution >= 4 is 11.8 Å². The van der Waals surface area contributed by atoms with Crippen LogP contribution < -0.4 is 5.32 Å². The number of rotatable bonds is 8. The van der Waals surface area contributed by atoms with Gasteiger partial charge in [0.25, 0.3) is 0 Å². The van der Waals surface area contributed by atoms with Gasteiger partial charge in [-0.25, -0.2) is 4.68 Å². The maximum Gasteiger partial charge on any atom is 0.236 e. The summed E-state index contributed by atoms with van der Waals surface area (Å²) in [5.41, 5.74) is 2.13. The van der Waals surface area contributed by atoms with Crippen molar-refractivity contribution in [2.75, 3.05) is 58.9 Å². The molecule has 1 N–H and O–H groups in total. The molecule has 8 heteroatoms. The molecule has 2 fully saturated rings. The molecule has 2 amide bonds. The average molecular weight is 439 g/mol. The fourth-order valence-corrected chi connectivity index (χ4v) is 4.41. The highest BCUT2D eigenvalue weighted by molar-refractivity contribution is 5.78. The highest BCUT2D eigenvalue weighted by Gasteiger charge is 2.22. The number of hydrogen-bond acceptors (Lipinski definition) is 5. The first kappa shape index (κ1) is 22.5. The maximum atomic E-state index is 12.4. The molecule has 0 atom stereocenters. The lowest BCUT2D eigenvalue weighted by atomic mass is 10.2. The SMILES string of the molecule is O=C(CN1CCCN(CC(=O)N2CCCC2)CC1)NCCc1cnn(-c2ccccc2)c1. The Morgan fingerprint density at radius 3 is 2.34 bits per heavy atom. The second-order valence-corrected chi connectivity index (χ2v) is 8.72. The van der Waals surface area contributed by atoms with Crippen LogP contribution >= 0.6 is 0 Å². The van der Waals surface area contributed by atoms with Crippen molar-refractivity contribution in [2.24, 2.45) is 0 Å². The minimum Gasteiger partial charge on any atom is -0.355 e. The molecule has 2 aliphatic rings. The van der Waals surface area contributed by atoms with Crippen molar-refractivity contribution in [3.8, 4) is 5.69 Å². The molecule has 2 aliphatic heterocycles. The first-order valence-electron chi connectivity index (χ1n) is 11.8. The number of carbonyl (C=O) groups excluding carboxylic acids is 2. The van der Waals surface area contributed by atoms with E-state index in [-0.39, 0.29) is 11.8 Å². The fraction of sp³-hybridized carbons (Fsp3) is 0.542. The molecule has 8 nitrogen and oxygen atoms in total. The van der Waals surface area contributed by atoms with Gasteiger partial charge in [-0.1, -0.05) is 18.2 Å². The van der Waals surface area contributed by atoms with Gasteiger partial charge in [0.15, 0.2) is 0 Å². The van der Waals surface area contributed by atoms with Crippen LogP contribution in [0.25, 0.3) is 5.69 Å². The summed E-state index contributed by atoms with van der Waals surface area (Å²) in [6.07, 6.45) is 7.86. The van der Waals surface area contributed by atoms with E-state index in [0.717, 1.165) is 76.2 Å². The number of carbonyl (C=O) groups is 2. The summed E-state index contributed by atoms with van der Waals surface area (Å²) in [6, 6.07) is 10.0. The van der Waals surface area contributed by atoms with Gasteiger partial charge in [-0.15, -0.1) is 0 Å². The van der Waals surface area contributed by atoms with E-state index in [0.29, 0.717) is 19.6 Å². The largest absolute Gasteiger partial charge is 0.355 e. The van der Waals surface area contributed by atoms with E-state index in [1.165, 1.54) is 0 Å². The van der Waals surface area contributed by atoms with Gasteiger partial charge in [-0.3, -0.25) is 19.4 Å². The zero-order valence-electron chi connectivity index (χ0n) is 18.8. The summed E-state index contributed by atoms with van der Waals surface area (Å²) in [4.78, 5) is 31.3. The van der Waals surface area contributed by atoms with Gasteiger partial charge in [0.1, 0.15) is 0 Å². The van der Waals surface area contributed by atoms with E-state index in [2.05, 4.69) is 20.2 Å². The van der Waals surface area contributed by atoms with Crippen LogP contribution in [0.2, 0.25) is 0 Å². The highest BCUT2D eigenvalue weighted by atomic mass is 16.2. The minimum atomic E-state index is 0.0574. The number of para-hydroxylation sites is 1. The maximum absolute atomic E-state index is 12.4. The lowest BCUT2D eigenvalue weighted by Crippen LogP contribution is -2.42. The van der Waals surface area contributed by atoms with Crippen LogP contribution in [0.15, 0.2) is 42.7 Å². The Hall–Kier alpha value is -2.71. The van der Waals surface area contributed by atoms with Crippen LogP contribution in [0.1, 0.15) is 24.8 Å². The van der Waals surface area contributed by atoms with E-state index in [4.69, 9.17) is 0 Å². The first-order valence-corrected chi connectivity index (χ1v) is 11.8. The molecule has 0 saturated carbocycles. The van der Waals surface area contributed by atoms with Crippen LogP contribution in [0.3, 0.4) is 0 Å². The summed E-state index contributed by atoms with van der Waals surface area (Å²) >= 11 is 0. The van der Waals surface area contributed by atoms with Crippen molar-refractivity contribution in [3.63, 3.8) is 0 Å². The third-order valence-electron chi connectivity index (χ3n) is 6.26. The molecule has 32 heavy (non-hydrogen) atoms. The van der Waals surface area contributed by atoms with Crippen LogP contribution in [0.4, 0.5) is 0 Å². The number of aromatic nitrogens is 2. The van der Waals surface area contributed by atoms with Gasteiger partial charge in [-0.2, -0.15) is 5.10 Å². The van der Waals surface area contributed by atoms with Crippen molar-refractivity contribution in [2.45, 2.75) is 25.7 Å². The average Bonchev–Trinajstić information content (AvgIpc) is 3.46.